The Bertz CT molecular complexity index is 590. The van der Waals surface area contributed by atoms with E-state index in [1.54, 1.807) is 0 Å². The first kappa shape index (κ1) is 15.8. The lowest BCUT2D eigenvalue weighted by Gasteiger charge is -2.19. The van der Waals surface area contributed by atoms with Gasteiger partial charge in [0.1, 0.15) is 0 Å². The van der Waals surface area contributed by atoms with Crippen LogP contribution in [-0.4, -0.2) is 7.05 Å². The van der Waals surface area contributed by atoms with Gasteiger partial charge in [0.25, 0.3) is 0 Å². The quantitative estimate of drug-likeness (QED) is 0.708. The minimum absolute atomic E-state index is 0.279. The highest BCUT2D eigenvalue weighted by Crippen LogP contribution is 2.26. The van der Waals surface area contributed by atoms with E-state index in [9.17, 15) is 0 Å². The van der Waals surface area contributed by atoms with E-state index in [0.717, 1.165) is 11.4 Å². The molecule has 106 valence electrons. The van der Waals surface area contributed by atoms with Gasteiger partial charge in [-0.05, 0) is 79.2 Å². The predicted octanol–water partition coefficient (Wildman–Crippen LogP) is 5.06. The van der Waals surface area contributed by atoms with Crippen molar-refractivity contribution in [3.63, 3.8) is 0 Å². The lowest BCUT2D eigenvalue weighted by atomic mass is 9.96. The van der Waals surface area contributed by atoms with Crippen LogP contribution >= 0.6 is 34.2 Å². The molecule has 1 atom stereocenters. The van der Waals surface area contributed by atoms with E-state index in [0.29, 0.717) is 0 Å². The summed E-state index contributed by atoms with van der Waals surface area (Å²) < 4.78 is 1.25. The molecule has 1 N–H and O–H groups in total. The van der Waals surface area contributed by atoms with Crippen molar-refractivity contribution in [1.29, 1.82) is 0 Å². The molecular formula is C17H19ClIN. The van der Waals surface area contributed by atoms with Crippen LogP contribution in [0.15, 0.2) is 36.4 Å². The Labute approximate surface area is 139 Å². The Balaban J connectivity index is 2.31. The zero-order valence-corrected chi connectivity index (χ0v) is 14.9. The van der Waals surface area contributed by atoms with E-state index in [-0.39, 0.29) is 6.04 Å². The average Bonchev–Trinajstić information content (AvgIpc) is 2.38. The molecule has 0 aliphatic carbocycles. The third-order valence-electron chi connectivity index (χ3n) is 3.40. The first-order valence-corrected chi connectivity index (χ1v) is 8.14. The first-order valence-electron chi connectivity index (χ1n) is 6.69. The summed E-state index contributed by atoms with van der Waals surface area (Å²) in [4.78, 5) is 0. The molecular weight excluding hydrogens is 381 g/mol. The van der Waals surface area contributed by atoms with Gasteiger partial charge in [-0.2, -0.15) is 0 Å². The minimum Gasteiger partial charge on any atom is -0.313 e. The molecule has 2 aromatic rings. The molecule has 3 heteroatoms. The number of likely N-dealkylation sites (N-methyl/N-ethyl adjacent to an activating group) is 1. The predicted molar refractivity (Wildman–Crippen MR) is 95.6 cm³/mol. The summed E-state index contributed by atoms with van der Waals surface area (Å²) in [6.45, 7) is 4.29. The van der Waals surface area contributed by atoms with Gasteiger partial charge >= 0.3 is 0 Å². The summed E-state index contributed by atoms with van der Waals surface area (Å²) in [5.41, 5.74) is 5.25. The van der Waals surface area contributed by atoms with Crippen molar-refractivity contribution in [3.05, 3.63) is 67.2 Å². The van der Waals surface area contributed by atoms with Crippen LogP contribution in [0.2, 0.25) is 5.02 Å². The molecule has 0 aliphatic rings. The molecule has 0 aromatic heterocycles. The number of rotatable bonds is 4. The Morgan fingerprint density at radius 2 is 1.75 bits per heavy atom. The summed E-state index contributed by atoms with van der Waals surface area (Å²) in [6.07, 6.45) is 0.968. The van der Waals surface area contributed by atoms with E-state index >= 15 is 0 Å². The molecule has 0 fully saturated rings. The van der Waals surface area contributed by atoms with Crippen molar-refractivity contribution in [2.24, 2.45) is 0 Å². The largest absolute Gasteiger partial charge is 0.313 e. The molecule has 0 aliphatic heterocycles. The fraction of sp³-hybridized carbons (Fsp3) is 0.294. The molecule has 2 rings (SSSR count). The Morgan fingerprint density at radius 1 is 1.10 bits per heavy atom. The molecule has 1 nitrogen and oxygen atoms in total. The molecule has 0 saturated heterocycles. The highest BCUT2D eigenvalue weighted by Gasteiger charge is 2.14. The van der Waals surface area contributed by atoms with E-state index in [1.165, 1.54) is 25.8 Å². The van der Waals surface area contributed by atoms with E-state index < -0.39 is 0 Å². The van der Waals surface area contributed by atoms with Crippen LogP contribution in [0.5, 0.6) is 0 Å². The van der Waals surface area contributed by atoms with Crippen LogP contribution in [0.1, 0.15) is 28.3 Å². The monoisotopic (exact) mass is 399 g/mol. The van der Waals surface area contributed by atoms with Crippen molar-refractivity contribution in [2.75, 3.05) is 7.05 Å². The summed E-state index contributed by atoms with van der Waals surface area (Å²) >= 11 is 8.51. The zero-order chi connectivity index (χ0) is 14.7. The molecule has 0 saturated carbocycles. The topological polar surface area (TPSA) is 12.0 Å². The van der Waals surface area contributed by atoms with Crippen molar-refractivity contribution in [2.45, 2.75) is 26.3 Å². The van der Waals surface area contributed by atoms with Gasteiger partial charge in [0.05, 0.1) is 0 Å². The molecule has 0 radical (unpaired) electrons. The van der Waals surface area contributed by atoms with Crippen LogP contribution in [0, 0.1) is 17.4 Å². The highest BCUT2D eigenvalue weighted by atomic mass is 127. The number of nitrogens with one attached hydrogen (secondary N) is 1. The Morgan fingerprint density at radius 3 is 2.35 bits per heavy atom. The Kier molecular flexibility index (Phi) is 5.47. The maximum atomic E-state index is 6.14. The smallest absolute Gasteiger partial charge is 0.0410 e. The van der Waals surface area contributed by atoms with Gasteiger partial charge in [-0.3, -0.25) is 0 Å². The van der Waals surface area contributed by atoms with E-state index in [1.807, 2.05) is 13.1 Å². The van der Waals surface area contributed by atoms with Gasteiger partial charge in [0, 0.05) is 14.6 Å². The van der Waals surface area contributed by atoms with Gasteiger partial charge in [-0.25, -0.2) is 0 Å². The third kappa shape index (κ3) is 3.96. The van der Waals surface area contributed by atoms with Gasteiger partial charge in [0.2, 0.25) is 0 Å². The van der Waals surface area contributed by atoms with Gasteiger partial charge in [-0.1, -0.05) is 40.9 Å². The zero-order valence-electron chi connectivity index (χ0n) is 12.0. The second-order valence-electron chi connectivity index (χ2n) is 5.21. The average molecular weight is 400 g/mol. The SMILES string of the molecule is CNC(Cc1cc(C)cc(C)c1)c1cc(Cl)ccc1I. The number of hydrogen-bond donors (Lipinski definition) is 1. The standard InChI is InChI=1S/C17H19ClIN/c1-11-6-12(2)8-13(7-11)9-17(20-3)15-10-14(18)4-5-16(15)19/h4-8,10,17,20H,9H2,1-3H3. The second-order valence-corrected chi connectivity index (χ2v) is 6.81. The molecule has 2 aromatic carbocycles. The fourth-order valence-electron chi connectivity index (χ4n) is 2.57. The van der Waals surface area contributed by atoms with Gasteiger partial charge < -0.3 is 5.32 Å². The van der Waals surface area contributed by atoms with Crippen molar-refractivity contribution in [3.8, 4) is 0 Å². The van der Waals surface area contributed by atoms with Crippen LogP contribution in [0.25, 0.3) is 0 Å². The second kappa shape index (κ2) is 6.92. The number of hydrogen-bond acceptors (Lipinski definition) is 1. The first-order chi connectivity index (χ1) is 9.49. The maximum Gasteiger partial charge on any atom is 0.0410 e. The van der Waals surface area contributed by atoms with Gasteiger partial charge in [-0.15, -0.1) is 0 Å². The molecule has 20 heavy (non-hydrogen) atoms. The molecule has 0 bridgehead atoms. The summed E-state index contributed by atoms with van der Waals surface area (Å²) in [5.74, 6) is 0. The van der Waals surface area contributed by atoms with Crippen LogP contribution in [-0.2, 0) is 6.42 Å². The number of benzene rings is 2. The minimum atomic E-state index is 0.279. The maximum absolute atomic E-state index is 6.14. The number of aryl methyl sites for hydroxylation is 2. The highest BCUT2D eigenvalue weighted by molar-refractivity contribution is 14.1. The summed E-state index contributed by atoms with van der Waals surface area (Å²) in [6, 6.07) is 13.1. The summed E-state index contributed by atoms with van der Waals surface area (Å²) in [5, 5.41) is 4.20. The lowest BCUT2D eigenvalue weighted by Crippen LogP contribution is -2.20. The van der Waals surface area contributed by atoms with Gasteiger partial charge in [0.15, 0.2) is 0 Å². The molecule has 0 heterocycles. The lowest BCUT2D eigenvalue weighted by molar-refractivity contribution is 0.589. The molecule has 1 unspecified atom stereocenters. The van der Waals surface area contributed by atoms with Crippen LogP contribution in [0.3, 0.4) is 0 Å². The normalized spacial score (nSPS) is 12.4. The fourth-order valence-corrected chi connectivity index (χ4v) is 3.46. The van der Waals surface area contributed by atoms with Crippen molar-refractivity contribution in [1.82, 2.24) is 5.32 Å². The van der Waals surface area contributed by atoms with Crippen molar-refractivity contribution >= 4 is 34.2 Å². The third-order valence-corrected chi connectivity index (χ3v) is 4.62. The molecule has 0 amide bonds. The molecule has 0 spiro atoms. The summed E-state index contributed by atoms with van der Waals surface area (Å²) in [7, 11) is 2.00. The number of halogens is 2. The van der Waals surface area contributed by atoms with Crippen molar-refractivity contribution < 1.29 is 0 Å². The van der Waals surface area contributed by atoms with Crippen LogP contribution in [0.4, 0.5) is 0 Å². The van der Waals surface area contributed by atoms with E-state index in [4.69, 9.17) is 11.6 Å². The van der Waals surface area contributed by atoms with Crippen LogP contribution < -0.4 is 5.32 Å². The Hall–Kier alpha value is -0.580. The van der Waals surface area contributed by atoms with E-state index in [2.05, 4.69) is 72.1 Å².